The van der Waals surface area contributed by atoms with Crippen LogP contribution in [0.1, 0.15) is 18.9 Å². The summed E-state index contributed by atoms with van der Waals surface area (Å²) in [6.07, 6.45) is 0.776. The summed E-state index contributed by atoms with van der Waals surface area (Å²) in [4.78, 5) is 39.5. The molecule has 3 rings (SSSR count). The van der Waals surface area contributed by atoms with Crippen LogP contribution in [0.5, 0.6) is 0 Å². The fraction of sp³-hybridized carbons (Fsp3) is 0.500. The smallest absolute Gasteiger partial charge is 0.254 e. The van der Waals surface area contributed by atoms with Gasteiger partial charge in [-0.3, -0.25) is 14.4 Å². The van der Waals surface area contributed by atoms with Crippen molar-refractivity contribution in [2.24, 2.45) is 16.3 Å². The van der Waals surface area contributed by atoms with Gasteiger partial charge in [-0.25, -0.2) is 5.43 Å². The Morgan fingerprint density at radius 2 is 2.07 bits per heavy atom. The van der Waals surface area contributed by atoms with E-state index in [1.165, 1.54) is 11.8 Å². The molecule has 6 N–H and O–H groups in total. The van der Waals surface area contributed by atoms with Gasteiger partial charge in [0.25, 0.3) is 5.91 Å². The average molecular weight is 417 g/mol. The summed E-state index contributed by atoms with van der Waals surface area (Å²) in [5, 5.41) is 25.5. The minimum Gasteiger partial charge on any atom is -0.394 e. The van der Waals surface area contributed by atoms with Crippen molar-refractivity contribution in [2.45, 2.75) is 31.3 Å². The number of rotatable bonds is 7. The molecule has 10 heteroatoms. The predicted octanol–water partition coefficient (Wildman–Crippen LogP) is -1.88. The SMILES string of the molecule is CC(N)(CO)C(=O)NC(CO)C(=O)N1CCC2=NNC(=O)C2(Cc2ccccc2)C1. The molecule has 1 saturated heterocycles. The van der Waals surface area contributed by atoms with E-state index in [9.17, 15) is 24.6 Å². The summed E-state index contributed by atoms with van der Waals surface area (Å²) in [5.74, 6) is -1.56. The van der Waals surface area contributed by atoms with Crippen LogP contribution < -0.4 is 16.5 Å². The Morgan fingerprint density at radius 3 is 2.70 bits per heavy atom. The van der Waals surface area contributed by atoms with Gasteiger partial charge in [-0.2, -0.15) is 5.10 Å². The number of fused-ring (bicyclic) bond motifs is 1. The third-order valence-electron chi connectivity index (χ3n) is 5.65. The molecule has 3 atom stereocenters. The topological polar surface area (TPSA) is 157 Å². The van der Waals surface area contributed by atoms with Crippen molar-refractivity contribution in [1.29, 1.82) is 0 Å². The highest BCUT2D eigenvalue weighted by atomic mass is 16.3. The number of aliphatic hydroxyl groups excluding tert-OH is 2. The highest BCUT2D eigenvalue weighted by Gasteiger charge is 2.52. The van der Waals surface area contributed by atoms with E-state index in [0.29, 0.717) is 25.1 Å². The lowest BCUT2D eigenvalue weighted by atomic mass is 9.73. The van der Waals surface area contributed by atoms with E-state index in [4.69, 9.17) is 5.73 Å². The molecule has 0 saturated carbocycles. The maximum absolute atomic E-state index is 13.0. The Balaban J connectivity index is 1.79. The summed E-state index contributed by atoms with van der Waals surface area (Å²) in [6.45, 7) is 0.451. The van der Waals surface area contributed by atoms with Crippen molar-refractivity contribution >= 4 is 23.4 Å². The molecule has 2 aliphatic heterocycles. The van der Waals surface area contributed by atoms with Crippen molar-refractivity contribution in [3.8, 4) is 0 Å². The Morgan fingerprint density at radius 1 is 1.37 bits per heavy atom. The number of carbonyl (C=O) groups is 3. The van der Waals surface area contributed by atoms with Crippen LogP contribution in [0.15, 0.2) is 35.4 Å². The molecule has 0 radical (unpaired) electrons. The van der Waals surface area contributed by atoms with Gasteiger partial charge in [0.05, 0.1) is 18.9 Å². The van der Waals surface area contributed by atoms with Gasteiger partial charge in [-0.15, -0.1) is 0 Å². The number of nitrogens with zero attached hydrogens (tertiary/aromatic N) is 2. The summed E-state index contributed by atoms with van der Waals surface area (Å²) in [7, 11) is 0. The van der Waals surface area contributed by atoms with E-state index in [1.807, 2.05) is 30.3 Å². The van der Waals surface area contributed by atoms with Gasteiger partial charge in [0.1, 0.15) is 17.0 Å². The van der Waals surface area contributed by atoms with Crippen molar-refractivity contribution in [3.63, 3.8) is 0 Å². The zero-order valence-corrected chi connectivity index (χ0v) is 16.8. The number of likely N-dealkylation sites (tertiary alicyclic amines) is 1. The zero-order chi connectivity index (χ0) is 21.9. The number of hydrogen-bond acceptors (Lipinski definition) is 7. The van der Waals surface area contributed by atoms with Gasteiger partial charge in [0.2, 0.25) is 11.8 Å². The number of hydrazone groups is 1. The van der Waals surface area contributed by atoms with Crippen LogP contribution in [0.25, 0.3) is 0 Å². The monoisotopic (exact) mass is 417 g/mol. The molecule has 2 heterocycles. The molecule has 30 heavy (non-hydrogen) atoms. The number of nitrogens with one attached hydrogen (secondary N) is 2. The van der Waals surface area contributed by atoms with E-state index >= 15 is 0 Å². The molecular weight excluding hydrogens is 390 g/mol. The Bertz CT molecular complexity index is 856. The van der Waals surface area contributed by atoms with E-state index in [-0.39, 0.29) is 12.5 Å². The third kappa shape index (κ3) is 4.07. The molecule has 3 amide bonds. The first-order chi connectivity index (χ1) is 14.2. The lowest BCUT2D eigenvalue weighted by Gasteiger charge is -2.40. The first-order valence-electron chi connectivity index (χ1n) is 9.75. The molecule has 0 bridgehead atoms. The lowest BCUT2D eigenvalue weighted by molar-refractivity contribution is -0.141. The first kappa shape index (κ1) is 21.9. The molecule has 1 aromatic carbocycles. The van der Waals surface area contributed by atoms with Gasteiger partial charge in [0.15, 0.2) is 0 Å². The van der Waals surface area contributed by atoms with Crippen LogP contribution >= 0.6 is 0 Å². The molecular formula is C20H27N5O5. The number of nitrogens with two attached hydrogens (primary N) is 1. The van der Waals surface area contributed by atoms with E-state index < -0.39 is 42.0 Å². The fourth-order valence-corrected chi connectivity index (χ4v) is 3.74. The van der Waals surface area contributed by atoms with Crippen LogP contribution in [-0.4, -0.2) is 76.4 Å². The quantitative estimate of drug-likeness (QED) is 0.349. The van der Waals surface area contributed by atoms with Crippen LogP contribution in [0.3, 0.4) is 0 Å². The predicted molar refractivity (Wildman–Crippen MR) is 108 cm³/mol. The van der Waals surface area contributed by atoms with E-state index in [2.05, 4.69) is 15.8 Å². The molecule has 2 aliphatic rings. The highest BCUT2D eigenvalue weighted by Crippen LogP contribution is 2.35. The molecule has 162 valence electrons. The van der Waals surface area contributed by atoms with Crippen molar-refractivity contribution in [1.82, 2.24) is 15.6 Å². The summed E-state index contributed by atoms with van der Waals surface area (Å²) in [5.41, 5.74) is 7.28. The van der Waals surface area contributed by atoms with Crippen molar-refractivity contribution in [3.05, 3.63) is 35.9 Å². The van der Waals surface area contributed by atoms with Crippen molar-refractivity contribution in [2.75, 3.05) is 26.3 Å². The Kier molecular flexibility index (Phi) is 6.20. The Labute approximate surface area is 174 Å². The van der Waals surface area contributed by atoms with Gasteiger partial charge in [-0.1, -0.05) is 30.3 Å². The standard InChI is InChI=1S/C20H27N5O5/c1-19(21,12-27)17(29)22-14(10-26)16(28)25-8-7-15-20(11-25,18(30)24-23-15)9-13-5-3-2-4-6-13/h2-6,14,26-27H,7-12,21H2,1H3,(H,22,29)(H,24,30). The number of aliphatic hydroxyl groups is 2. The minimum atomic E-state index is -1.59. The molecule has 1 aromatic rings. The number of carbonyl (C=O) groups excluding carboxylic acids is 3. The molecule has 10 nitrogen and oxygen atoms in total. The van der Waals surface area contributed by atoms with E-state index in [0.717, 1.165) is 5.56 Å². The lowest BCUT2D eigenvalue weighted by Crippen LogP contribution is -2.62. The number of benzene rings is 1. The molecule has 0 aromatic heterocycles. The summed E-state index contributed by atoms with van der Waals surface area (Å²) < 4.78 is 0. The Hall–Kier alpha value is -2.82. The second kappa shape index (κ2) is 8.50. The van der Waals surface area contributed by atoms with Crippen LogP contribution in [0.2, 0.25) is 0 Å². The number of amides is 3. The van der Waals surface area contributed by atoms with Crippen LogP contribution in [0, 0.1) is 5.41 Å². The second-order valence-corrected chi connectivity index (χ2v) is 8.04. The van der Waals surface area contributed by atoms with Crippen molar-refractivity contribution < 1.29 is 24.6 Å². The second-order valence-electron chi connectivity index (χ2n) is 8.04. The minimum absolute atomic E-state index is 0.0810. The summed E-state index contributed by atoms with van der Waals surface area (Å²) >= 11 is 0. The van der Waals surface area contributed by atoms with Gasteiger partial charge in [0, 0.05) is 19.5 Å². The first-order valence-corrected chi connectivity index (χ1v) is 9.75. The van der Waals surface area contributed by atoms with Gasteiger partial charge in [-0.05, 0) is 18.9 Å². The van der Waals surface area contributed by atoms with Crippen LogP contribution in [0.4, 0.5) is 0 Å². The molecule has 0 spiro atoms. The maximum atomic E-state index is 13.0. The largest absolute Gasteiger partial charge is 0.394 e. The molecule has 0 aliphatic carbocycles. The average Bonchev–Trinajstić information content (AvgIpc) is 3.07. The summed E-state index contributed by atoms with van der Waals surface area (Å²) in [6, 6.07) is 8.23. The van der Waals surface area contributed by atoms with Gasteiger partial charge < -0.3 is 26.2 Å². The zero-order valence-electron chi connectivity index (χ0n) is 16.8. The fourth-order valence-electron chi connectivity index (χ4n) is 3.74. The van der Waals surface area contributed by atoms with E-state index in [1.54, 1.807) is 0 Å². The van der Waals surface area contributed by atoms with Gasteiger partial charge >= 0.3 is 0 Å². The molecule has 1 fully saturated rings. The molecule has 3 unspecified atom stereocenters. The number of hydrogen-bond donors (Lipinski definition) is 5. The number of piperidine rings is 1. The highest BCUT2D eigenvalue weighted by molar-refractivity contribution is 6.13. The normalized spacial score (nSPS) is 23.7. The van der Waals surface area contributed by atoms with Crippen LogP contribution in [-0.2, 0) is 20.8 Å². The maximum Gasteiger partial charge on any atom is 0.254 e. The third-order valence-corrected chi connectivity index (χ3v) is 5.65.